The zero-order valence-corrected chi connectivity index (χ0v) is 11.8. The molecule has 0 spiro atoms. The smallest absolute Gasteiger partial charge is 0.251 e. The third-order valence-electron chi connectivity index (χ3n) is 2.93. The van der Waals surface area contributed by atoms with Crippen molar-refractivity contribution >= 4 is 17.2 Å². The van der Waals surface area contributed by atoms with Crippen molar-refractivity contribution in [1.82, 2.24) is 10.3 Å². The summed E-state index contributed by atoms with van der Waals surface area (Å²) in [4.78, 5) is 16.4. The van der Waals surface area contributed by atoms with E-state index in [9.17, 15) is 4.79 Å². The van der Waals surface area contributed by atoms with Gasteiger partial charge in [-0.25, -0.2) is 4.98 Å². The predicted molar refractivity (Wildman–Crippen MR) is 75.5 cm³/mol. The Hall–Kier alpha value is -2.08. The zero-order chi connectivity index (χ0) is 13.9. The summed E-state index contributed by atoms with van der Waals surface area (Å²) < 4.78 is 10.5. The van der Waals surface area contributed by atoms with Crippen LogP contribution in [-0.2, 0) is 6.42 Å². The van der Waals surface area contributed by atoms with Crippen LogP contribution in [0.3, 0.4) is 0 Å². The number of hydrogen-bond acceptors (Lipinski definition) is 5. The Kier molecular flexibility index (Phi) is 3.56. The van der Waals surface area contributed by atoms with Crippen LogP contribution in [0.4, 0.5) is 0 Å². The highest BCUT2D eigenvalue weighted by Crippen LogP contribution is 2.32. The number of rotatable bonds is 4. The molecule has 0 saturated carbocycles. The summed E-state index contributed by atoms with van der Waals surface area (Å²) in [5.74, 6) is 1.18. The normalized spacial score (nSPS) is 12.4. The highest BCUT2D eigenvalue weighted by molar-refractivity contribution is 7.09. The number of hydrogen-bond donors (Lipinski definition) is 1. The fourth-order valence-corrected chi connectivity index (χ4v) is 2.72. The van der Waals surface area contributed by atoms with Gasteiger partial charge in [-0.05, 0) is 25.1 Å². The predicted octanol–water partition coefficient (Wildman–Crippen LogP) is 2.15. The largest absolute Gasteiger partial charge is 0.454 e. The first-order chi connectivity index (χ1) is 9.72. The van der Waals surface area contributed by atoms with E-state index in [1.807, 2.05) is 12.3 Å². The lowest BCUT2D eigenvalue weighted by Gasteiger charge is -2.05. The van der Waals surface area contributed by atoms with Crippen molar-refractivity contribution in [2.24, 2.45) is 0 Å². The molecule has 3 rings (SSSR count). The molecule has 1 aromatic carbocycles. The van der Waals surface area contributed by atoms with E-state index in [0.717, 1.165) is 17.1 Å². The van der Waals surface area contributed by atoms with Crippen LogP contribution in [0.5, 0.6) is 11.5 Å². The molecular weight excluding hydrogens is 276 g/mol. The maximum absolute atomic E-state index is 12.0. The van der Waals surface area contributed by atoms with Gasteiger partial charge >= 0.3 is 0 Å². The van der Waals surface area contributed by atoms with Crippen molar-refractivity contribution in [3.8, 4) is 11.5 Å². The second-order valence-electron chi connectivity index (χ2n) is 4.46. The number of nitrogens with zero attached hydrogens (tertiary/aromatic N) is 1. The third kappa shape index (κ3) is 2.75. The van der Waals surface area contributed by atoms with E-state index in [4.69, 9.17) is 9.47 Å². The average Bonchev–Trinajstić information content (AvgIpc) is 3.06. The summed E-state index contributed by atoms with van der Waals surface area (Å²) >= 11 is 1.61. The molecule has 0 bridgehead atoms. The maximum Gasteiger partial charge on any atom is 0.251 e. The molecule has 1 amide bonds. The van der Waals surface area contributed by atoms with Crippen molar-refractivity contribution in [2.75, 3.05) is 13.3 Å². The van der Waals surface area contributed by atoms with E-state index in [2.05, 4.69) is 10.3 Å². The second-order valence-corrected chi connectivity index (χ2v) is 5.40. The maximum atomic E-state index is 12.0. The zero-order valence-electron chi connectivity index (χ0n) is 11.0. The molecule has 20 heavy (non-hydrogen) atoms. The Labute approximate surface area is 120 Å². The molecule has 1 aliphatic rings. The molecule has 0 unspecified atom stereocenters. The lowest BCUT2D eigenvalue weighted by Crippen LogP contribution is -2.25. The number of amides is 1. The number of fused-ring (bicyclic) bond motifs is 1. The molecule has 104 valence electrons. The van der Waals surface area contributed by atoms with Gasteiger partial charge in [-0.15, -0.1) is 11.3 Å². The number of carbonyl (C=O) groups is 1. The van der Waals surface area contributed by atoms with Gasteiger partial charge in [0.15, 0.2) is 11.5 Å². The molecule has 0 atom stereocenters. The number of carbonyl (C=O) groups excluding carboxylic acids is 1. The molecule has 0 saturated heterocycles. The van der Waals surface area contributed by atoms with Crippen LogP contribution < -0.4 is 14.8 Å². The summed E-state index contributed by atoms with van der Waals surface area (Å²) in [7, 11) is 0. The molecule has 0 aliphatic carbocycles. The van der Waals surface area contributed by atoms with Crippen LogP contribution in [0.15, 0.2) is 23.6 Å². The molecule has 1 aliphatic heterocycles. The minimum absolute atomic E-state index is 0.114. The number of nitrogens with one attached hydrogen (secondary N) is 1. The Morgan fingerprint density at radius 3 is 3.05 bits per heavy atom. The monoisotopic (exact) mass is 290 g/mol. The number of aryl methyl sites for hydroxylation is 1. The molecule has 1 aromatic heterocycles. The molecule has 5 nitrogen and oxygen atoms in total. The highest BCUT2D eigenvalue weighted by Gasteiger charge is 2.15. The minimum atomic E-state index is -0.114. The average molecular weight is 290 g/mol. The Morgan fingerprint density at radius 1 is 1.40 bits per heavy atom. The van der Waals surface area contributed by atoms with Crippen LogP contribution in [0.2, 0.25) is 0 Å². The summed E-state index contributed by atoms with van der Waals surface area (Å²) in [6, 6.07) is 5.18. The number of ether oxygens (including phenoxy) is 2. The fourth-order valence-electron chi connectivity index (χ4n) is 1.94. The third-order valence-corrected chi connectivity index (χ3v) is 3.95. The molecule has 0 fully saturated rings. The first-order valence-electron chi connectivity index (χ1n) is 6.31. The van der Waals surface area contributed by atoms with Gasteiger partial charge in [0, 0.05) is 29.6 Å². The Balaban J connectivity index is 1.56. The van der Waals surface area contributed by atoms with E-state index in [-0.39, 0.29) is 12.7 Å². The van der Waals surface area contributed by atoms with Crippen molar-refractivity contribution in [1.29, 1.82) is 0 Å². The summed E-state index contributed by atoms with van der Waals surface area (Å²) in [5, 5.41) is 5.92. The number of aromatic nitrogens is 1. The van der Waals surface area contributed by atoms with Gasteiger partial charge in [0.1, 0.15) is 0 Å². The van der Waals surface area contributed by atoms with Crippen LogP contribution in [0.25, 0.3) is 0 Å². The van der Waals surface area contributed by atoms with Crippen molar-refractivity contribution in [3.05, 3.63) is 39.8 Å². The first-order valence-corrected chi connectivity index (χ1v) is 7.19. The van der Waals surface area contributed by atoms with Gasteiger partial charge in [-0.3, -0.25) is 4.79 Å². The van der Waals surface area contributed by atoms with E-state index < -0.39 is 0 Å². The van der Waals surface area contributed by atoms with Gasteiger partial charge in [0.05, 0.1) is 5.01 Å². The highest BCUT2D eigenvalue weighted by atomic mass is 32.1. The van der Waals surface area contributed by atoms with E-state index in [1.54, 1.807) is 29.5 Å². The van der Waals surface area contributed by atoms with Crippen molar-refractivity contribution in [2.45, 2.75) is 13.3 Å². The lowest BCUT2D eigenvalue weighted by molar-refractivity contribution is 0.0953. The lowest BCUT2D eigenvalue weighted by atomic mass is 10.2. The van der Waals surface area contributed by atoms with E-state index in [1.165, 1.54) is 0 Å². The van der Waals surface area contributed by atoms with Gasteiger partial charge in [-0.2, -0.15) is 0 Å². The fraction of sp³-hybridized carbons (Fsp3) is 0.286. The van der Waals surface area contributed by atoms with Crippen LogP contribution in [0.1, 0.15) is 21.1 Å². The van der Waals surface area contributed by atoms with Gasteiger partial charge in [0.25, 0.3) is 5.91 Å². The van der Waals surface area contributed by atoms with Gasteiger partial charge < -0.3 is 14.8 Å². The Bertz CT molecular complexity index is 639. The molecule has 2 heterocycles. The SMILES string of the molecule is Cc1csc(CCNC(=O)c2ccc3c(c2)OCO3)n1. The molecule has 6 heteroatoms. The minimum Gasteiger partial charge on any atom is -0.454 e. The van der Waals surface area contributed by atoms with E-state index >= 15 is 0 Å². The van der Waals surface area contributed by atoms with Gasteiger partial charge in [-0.1, -0.05) is 0 Å². The second kappa shape index (κ2) is 5.50. The molecule has 2 aromatic rings. The first kappa shape index (κ1) is 12.9. The van der Waals surface area contributed by atoms with E-state index in [0.29, 0.717) is 23.6 Å². The quantitative estimate of drug-likeness (QED) is 0.937. The summed E-state index contributed by atoms with van der Waals surface area (Å²) in [6.45, 7) is 2.75. The van der Waals surface area contributed by atoms with Crippen LogP contribution in [0, 0.1) is 6.92 Å². The van der Waals surface area contributed by atoms with Crippen LogP contribution >= 0.6 is 11.3 Å². The van der Waals surface area contributed by atoms with Crippen molar-refractivity contribution < 1.29 is 14.3 Å². The van der Waals surface area contributed by atoms with Crippen LogP contribution in [-0.4, -0.2) is 24.2 Å². The standard InChI is InChI=1S/C14H14N2O3S/c1-9-7-20-13(16-9)4-5-15-14(17)10-2-3-11-12(6-10)19-8-18-11/h2-3,6-7H,4-5,8H2,1H3,(H,15,17). The number of benzene rings is 1. The molecule has 0 radical (unpaired) electrons. The molecule has 1 N–H and O–H groups in total. The molecular formula is C14H14N2O3S. The van der Waals surface area contributed by atoms with Crippen molar-refractivity contribution in [3.63, 3.8) is 0 Å². The number of thiazole rings is 1. The van der Waals surface area contributed by atoms with Gasteiger partial charge in [0.2, 0.25) is 6.79 Å². The topological polar surface area (TPSA) is 60.5 Å². The summed E-state index contributed by atoms with van der Waals surface area (Å²) in [5.41, 5.74) is 1.59. The Morgan fingerprint density at radius 2 is 2.25 bits per heavy atom. The summed E-state index contributed by atoms with van der Waals surface area (Å²) in [6.07, 6.45) is 0.745.